The van der Waals surface area contributed by atoms with Gasteiger partial charge in [0, 0.05) is 29.1 Å². The van der Waals surface area contributed by atoms with Gasteiger partial charge in [0.15, 0.2) is 5.78 Å². The number of allylic oxidation sites excluding steroid dienone is 2. The minimum Gasteiger partial charge on any atom is -0.344 e. The third-order valence-corrected chi connectivity index (χ3v) is 6.08. The third kappa shape index (κ3) is 2.49. The van der Waals surface area contributed by atoms with Crippen LogP contribution in [0.3, 0.4) is 0 Å². The zero-order valence-electron chi connectivity index (χ0n) is 15.0. The molecule has 0 saturated carbocycles. The first-order valence-electron chi connectivity index (χ1n) is 8.76. The molecule has 4 rings (SSSR count). The van der Waals surface area contributed by atoms with Crippen LogP contribution in [0.4, 0.5) is 5.82 Å². The molecule has 136 valence electrons. The molecule has 6 nitrogen and oxygen atoms in total. The maximum Gasteiger partial charge on any atom is 0.329 e. The second kappa shape index (κ2) is 5.81. The summed E-state index contributed by atoms with van der Waals surface area (Å²) < 4.78 is 1.53. The van der Waals surface area contributed by atoms with E-state index in [1.54, 1.807) is 0 Å². The molecule has 0 amide bonds. The molecule has 2 N–H and O–H groups in total. The van der Waals surface area contributed by atoms with E-state index >= 15 is 0 Å². The number of hydrogen-bond donors (Lipinski definition) is 2. The zero-order valence-corrected chi connectivity index (χ0v) is 15.8. The van der Waals surface area contributed by atoms with Crippen molar-refractivity contribution in [3.63, 3.8) is 0 Å². The van der Waals surface area contributed by atoms with Gasteiger partial charge in [-0.1, -0.05) is 19.9 Å². The Morgan fingerprint density at radius 2 is 2.04 bits per heavy atom. The number of ketones is 1. The lowest BCUT2D eigenvalue weighted by molar-refractivity contribution is -0.118. The number of carbonyl (C=O) groups is 1. The number of Topliss-reactive ketones (excluding diaryl/α,β-unsaturated/α-hetero) is 1. The quantitative estimate of drug-likeness (QED) is 0.850. The van der Waals surface area contributed by atoms with Crippen molar-refractivity contribution in [1.29, 1.82) is 0 Å². The summed E-state index contributed by atoms with van der Waals surface area (Å²) in [6.07, 6.45) is 1.16. The molecule has 2 aliphatic rings. The summed E-state index contributed by atoms with van der Waals surface area (Å²) in [4.78, 5) is 41.4. The summed E-state index contributed by atoms with van der Waals surface area (Å²) in [7, 11) is 0. The highest BCUT2D eigenvalue weighted by atomic mass is 32.1. The fourth-order valence-corrected chi connectivity index (χ4v) is 4.94. The number of thiophene rings is 1. The number of nitrogens with one attached hydrogen (secondary N) is 2. The molecule has 1 atom stereocenters. The first-order valence-corrected chi connectivity index (χ1v) is 9.64. The van der Waals surface area contributed by atoms with Crippen molar-refractivity contribution in [2.24, 2.45) is 5.41 Å². The van der Waals surface area contributed by atoms with Crippen LogP contribution < -0.4 is 16.6 Å². The predicted molar refractivity (Wildman–Crippen MR) is 102 cm³/mol. The molecule has 0 fully saturated rings. The third-order valence-electron chi connectivity index (χ3n) is 5.15. The predicted octanol–water partition coefficient (Wildman–Crippen LogP) is 2.82. The molecule has 2 aromatic rings. The number of aromatic amines is 1. The first kappa shape index (κ1) is 17.0. The van der Waals surface area contributed by atoms with Gasteiger partial charge in [-0.2, -0.15) is 0 Å². The molecule has 1 aliphatic heterocycles. The fourth-order valence-electron chi connectivity index (χ4n) is 4.10. The Kier molecular flexibility index (Phi) is 3.80. The number of hydrogen-bond acceptors (Lipinski definition) is 5. The molecule has 0 spiro atoms. The van der Waals surface area contributed by atoms with E-state index in [4.69, 9.17) is 0 Å². The minimum absolute atomic E-state index is 0.0708. The van der Waals surface area contributed by atoms with Crippen LogP contribution in [-0.2, 0) is 11.3 Å². The van der Waals surface area contributed by atoms with E-state index in [-0.39, 0.29) is 11.2 Å². The molecule has 0 aromatic carbocycles. The number of rotatable bonds is 2. The van der Waals surface area contributed by atoms with Crippen molar-refractivity contribution in [1.82, 2.24) is 9.55 Å². The van der Waals surface area contributed by atoms with Crippen LogP contribution in [0.5, 0.6) is 0 Å². The SMILES string of the molecule is CCn1c2c(c(=O)[nH]c1=O)[C@H](c1cccs1)C1=C(CC(C)(C)CC1=O)N2. The summed E-state index contributed by atoms with van der Waals surface area (Å²) in [6.45, 7) is 6.43. The Hall–Kier alpha value is -2.41. The van der Waals surface area contributed by atoms with Gasteiger partial charge in [0.25, 0.3) is 5.56 Å². The molecule has 0 unspecified atom stereocenters. The number of carbonyl (C=O) groups excluding carboxylic acids is 1. The van der Waals surface area contributed by atoms with E-state index in [9.17, 15) is 14.4 Å². The van der Waals surface area contributed by atoms with Crippen LogP contribution in [0.25, 0.3) is 0 Å². The number of nitrogens with zero attached hydrogens (tertiary/aromatic N) is 1. The van der Waals surface area contributed by atoms with Crippen LogP contribution >= 0.6 is 11.3 Å². The summed E-state index contributed by atoms with van der Waals surface area (Å²) in [5.41, 5.74) is 0.957. The van der Waals surface area contributed by atoms with Gasteiger partial charge in [0.1, 0.15) is 5.82 Å². The van der Waals surface area contributed by atoms with Crippen molar-refractivity contribution in [2.75, 3.05) is 5.32 Å². The highest BCUT2D eigenvalue weighted by Gasteiger charge is 2.43. The molecular formula is C19H21N3O3S. The van der Waals surface area contributed by atoms with Gasteiger partial charge in [0.2, 0.25) is 0 Å². The van der Waals surface area contributed by atoms with Crippen molar-refractivity contribution < 1.29 is 4.79 Å². The number of aromatic nitrogens is 2. The molecule has 2 aromatic heterocycles. The topological polar surface area (TPSA) is 84.0 Å². The van der Waals surface area contributed by atoms with Crippen LogP contribution in [-0.4, -0.2) is 15.3 Å². The Bertz CT molecular complexity index is 1040. The largest absolute Gasteiger partial charge is 0.344 e. The first-order chi connectivity index (χ1) is 12.3. The lowest BCUT2D eigenvalue weighted by atomic mass is 9.70. The van der Waals surface area contributed by atoms with Crippen molar-refractivity contribution >= 4 is 22.9 Å². The van der Waals surface area contributed by atoms with Gasteiger partial charge in [-0.3, -0.25) is 19.1 Å². The molecule has 1 aliphatic carbocycles. The fraction of sp³-hybridized carbons (Fsp3) is 0.421. The van der Waals surface area contributed by atoms with E-state index in [0.29, 0.717) is 36.3 Å². The normalized spacial score (nSPS) is 21.2. The number of fused-ring (bicyclic) bond motifs is 1. The van der Waals surface area contributed by atoms with Crippen LogP contribution in [0.15, 0.2) is 38.4 Å². The van der Waals surface area contributed by atoms with Gasteiger partial charge in [-0.15, -0.1) is 11.3 Å². The molecular weight excluding hydrogens is 350 g/mol. The van der Waals surface area contributed by atoms with Crippen LogP contribution in [0.1, 0.15) is 50.0 Å². The van der Waals surface area contributed by atoms with Gasteiger partial charge in [-0.05, 0) is 30.2 Å². The second-order valence-electron chi connectivity index (χ2n) is 7.67. The minimum atomic E-state index is -0.431. The summed E-state index contributed by atoms with van der Waals surface area (Å²) in [6, 6.07) is 3.87. The van der Waals surface area contributed by atoms with Gasteiger partial charge >= 0.3 is 5.69 Å². The van der Waals surface area contributed by atoms with Crippen LogP contribution in [0, 0.1) is 5.41 Å². The van der Waals surface area contributed by atoms with Crippen LogP contribution in [0.2, 0.25) is 0 Å². The molecule has 7 heteroatoms. The summed E-state index contributed by atoms with van der Waals surface area (Å²) in [5, 5.41) is 5.23. The number of anilines is 1. The molecule has 0 saturated heterocycles. The summed E-state index contributed by atoms with van der Waals surface area (Å²) in [5.74, 6) is 0.164. The molecule has 26 heavy (non-hydrogen) atoms. The van der Waals surface area contributed by atoms with Crippen molar-refractivity contribution in [3.8, 4) is 0 Å². The zero-order chi connectivity index (χ0) is 18.6. The van der Waals surface area contributed by atoms with E-state index in [1.807, 2.05) is 24.4 Å². The lowest BCUT2D eigenvalue weighted by Gasteiger charge is -2.39. The van der Waals surface area contributed by atoms with Gasteiger partial charge in [0.05, 0.1) is 11.5 Å². The van der Waals surface area contributed by atoms with Crippen molar-refractivity contribution in [2.45, 2.75) is 46.1 Å². The average Bonchev–Trinajstić information content (AvgIpc) is 3.06. The maximum atomic E-state index is 13.0. The molecule has 3 heterocycles. The van der Waals surface area contributed by atoms with E-state index in [0.717, 1.165) is 10.6 Å². The Morgan fingerprint density at radius 3 is 2.69 bits per heavy atom. The van der Waals surface area contributed by atoms with E-state index in [1.165, 1.54) is 15.9 Å². The lowest BCUT2D eigenvalue weighted by Crippen LogP contribution is -2.41. The highest BCUT2D eigenvalue weighted by Crippen LogP contribution is 2.48. The smallest absolute Gasteiger partial charge is 0.329 e. The Morgan fingerprint density at radius 1 is 1.27 bits per heavy atom. The Balaban J connectivity index is 2.05. The standard InChI is InChI=1S/C19H21N3O3S/c1-4-22-16-15(17(24)21-18(22)25)14(12-6-5-7-26-12)13-10(20-16)8-19(2,3)9-11(13)23/h5-7,14,20H,4,8-9H2,1-3H3,(H,21,24,25)/t14-/m1/s1. The van der Waals surface area contributed by atoms with Gasteiger partial charge in [-0.25, -0.2) is 4.79 Å². The monoisotopic (exact) mass is 371 g/mol. The maximum absolute atomic E-state index is 13.0. The molecule has 0 radical (unpaired) electrons. The van der Waals surface area contributed by atoms with E-state index in [2.05, 4.69) is 24.1 Å². The summed E-state index contributed by atoms with van der Waals surface area (Å²) >= 11 is 1.52. The van der Waals surface area contributed by atoms with Crippen molar-refractivity contribution in [3.05, 3.63) is 60.1 Å². The highest BCUT2D eigenvalue weighted by molar-refractivity contribution is 7.10. The molecule has 0 bridgehead atoms. The van der Waals surface area contributed by atoms with E-state index < -0.39 is 17.2 Å². The average molecular weight is 371 g/mol. The van der Waals surface area contributed by atoms with Gasteiger partial charge < -0.3 is 5.32 Å². The Labute approximate surface area is 154 Å². The second-order valence-corrected chi connectivity index (χ2v) is 8.65. The number of H-pyrrole nitrogens is 1.